The Balaban J connectivity index is 1.75. The van der Waals surface area contributed by atoms with E-state index < -0.39 is 20.5 Å². The van der Waals surface area contributed by atoms with Crippen molar-refractivity contribution in [2.75, 3.05) is 12.8 Å². The zero-order valence-corrected chi connectivity index (χ0v) is 16.8. The van der Waals surface area contributed by atoms with Crippen molar-refractivity contribution in [1.29, 1.82) is 5.26 Å². The van der Waals surface area contributed by atoms with Gasteiger partial charge in [-0.2, -0.15) is 5.26 Å². The number of thiophene rings is 1. The van der Waals surface area contributed by atoms with E-state index in [1.165, 1.54) is 33.2 Å². The number of hydrogen-bond acceptors (Lipinski definition) is 7. The Labute approximate surface area is 165 Å². The summed E-state index contributed by atoms with van der Waals surface area (Å²) < 4.78 is 23.7. The molecule has 1 atom stereocenters. The zero-order chi connectivity index (χ0) is 20.7. The number of hydroxylamine groups is 1. The summed E-state index contributed by atoms with van der Waals surface area (Å²) in [6.45, 7) is 1.52. The Morgan fingerprint density at radius 3 is 2.71 bits per heavy atom. The molecule has 3 rings (SSSR count). The molecular weight excluding hydrogens is 404 g/mol. The van der Waals surface area contributed by atoms with Crippen molar-refractivity contribution in [2.24, 2.45) is 0 Å². The molecule has 0 aliphatic carbocycles. The van der Waals surface area contributed by atoms with Gasteiger partial charge in [0.05, 0.1) is 6.54 Å². The average Bonchev–Trinajstić information content (AvgIpc) is 3.34. The summed E-state index contributed by atoms with van der Waals surface area (Å²) in [7, 11) is -3.82. The Hall–Kier alpha value is -2.68. The number of carbonyl (C=O) groups is 2. The van der Waals surface area contributed by atoms with Gasteiger partial charge in [0.25, 0.3) is 5.91 Å². The van der Waals surface area contributed by atoms with Crippen molar-refractivity contribution in [3.63, 3.8) is 0 Å². The van der Waals surface area contributed by atoms with Gasteiger partial charge in [-0.3, -0.25) is 14.6 Å². The van der Waals surface area contributed by atoms with Gasteiger partial charge < -0.3 is 4.90 Å². The molecule has 0 saturated heterocycles. The van der Waals surface area contributed by atoms with Gasteiger partial charge >= 0.3 is 6.03 Å². The molecule has 148 valence electrons. The summed E-state index contributed by atoms with van der Waals surface area (Å²) >= 11 is 1.33. The number of amides is 2. The maximum atomic E-state index is 12.6. The number of nitriles is 1. The second-order valence-corrected chi connectivity index (χ2v) is 10.3. The molecule has 1 aliphatic heterocycles. The number of fused-ring (bicyclic) bond motifs is 1. The van der Waals surface area contributed by atoms with Crippen molar-refractivity contribution in [2.45, 2.75) is 24.6 Å². The minimum absolute atomic E-state index is 0.0322. The molecule has 2 aromatic heterocycles. The van der Waals surface area contributed by atoms with Crippen LogP contribution in [-0.4, -0.2) is 52.6 Å². The van der Waals surface area contributed by atoms with Crippen molar-refractivity contribution in [3.05, 3.63) is 35.0 Å². The third-order valence-corrected chi connectivity index (χ3v) is 8.05. The number of nitrogens with one attached hydrogen (secondary N) is 1. The molecule has 0 fully saturated rings. The Morgan fingerprint density at radius 1 is 1.46 bits per heavy atom. The minimum atomic E-state index is -3.82. The first-order chi connectivity index (χ1) is 13.1. The van der Waals surface area contributed by atoms with Crippen LogP contribution in [0.3, 0.4) is 0 Å². The Bertz CT molecular complexity index is 1100. The first kappa shape index (κ1) is 20.1. The molecule has 11 heteroatoms. The van der Waals surface area contributed by atoms with E-state index >= 15 is 0 Å². The van der Waals surface area contributed by atoms with E-state index in [1.54, 1.807) is 12.3 Å². The first-order valence-electron chi connectivity index (χ1n) is 8.25. The SMILES string of the molecule is C[C@@](CCN1Cc2cc(-c3ccc(C#N)s3)cn2C1=O)(C(=O)NO)S(C)(=O)=O. The lowest BCUT2D eigenvalue weighted by atomic mass is 10.1. The van der Waals surface area contributed by atoms with Crippen LogP contribution in [0.4, 0.5) is 4.79 Å². The maximum Gasteiger partial charge on any atom is 0.328 e. The number of sulfone groups is 1. The fourth-order valence-electron chi connectivity index (χ4n) is 3.02. The molecule has 28 heavy (non-hydrogen) atoms. The van der Waals surface area contributed by atoms with E-state index in [0.29, 0.717) is 4.88 Å². The van der Waals surface area contributed by atoms with Crippen LogP contribution in [0.15, 0.2) is 24.4 Å². The summed E-state index contributed by atoms with van der Waals surface area (Å²) in [5.41, 5.74) is 2.96. The van der Waals surface area contributed by atoms with E-state index in [1.807, 2.05) is 12.1 Å². The van der Waals surface area contributed by atoms with Crippen molar-refractivity contribution < 1.29 is 23.2 Å². The number of rotatable bonds is 6. The molecule has 2 N–H and O–H groups in total. The molecule has 0 saturated carbocycles. The van der Waals surface area contributed by atoms with E-state index in [9.17, 15) is 18.0 Å². The van der Waals surface area contributed by atoms with E-state index in [2.05, 4.69) is 6.07 Å². The van der Waals surface area contributed by atoms with Gasteiger partial charge in [0.2, 0.25) is 0 Å². The maximum absolute atomic E-state index is 12.6. The Kier molecular flexibility index (Phi) is 5.05. The van der Waals surface area contributed by atoms with Gasteiger partial charge in [0.15, 0.2) is 14.6 Å². The standard InChI is InChI=1S/C17H18N4O5S2/c1-17(15(22)19-24,28(2,25)26)5-6-20-10-12-7-11(9-21(12)16(20)23)14-4-3-13(8-18)27-14/h3-4,7,9,24H,5-6,10H2,1-2H3,(H,19,22)/t17-/m1/s1. The van der Waals surface area contributed by atoms with Crippen LogP contribution < -0.4 is 5.48 Å². The summed E-state index contributed by atoms with van der Waals surface area (Å²) in [5, 5.41) is 17.8. The highest BCUT2D eigenvalue weighted by Crippen LogP contribution is 2.32. The lowest BCUT2D eigenvalue weighted by Gasteiger charge is -2.27. The largest absolute Gasteiger partial charge is 0.328 e. The highest BCUT2D eigenvalue weighted by atomic mass is 32.2. The molecule has 0 aromatic carbocycles. The van der Waals surface area contributed by atoms with Crippen LogP contribution in [0.25, 0.3) is 10.4 Å². The lowest BCUT2D eigenvalue weighted by molar-refractivity contribution is -0.131. The second-order valence-electron chi connectivity index (χ2n) is 6.76. The molecule has 0 spiro atoms. The highest BCUT2D eigenvalue weighted by molar-refractivity contribution is 7.92. The molecule has 1 aliphatic rings. The summed E-state index contributed by atoms with van der Waals surface area (Å²) in [5.74, 6) is -1.03. The fourth-order valence-corrected chi connectivity index (χ4v) is 4.65. The summed E-state index contributed by atoms with van der Waals surface area (Å²) in [6.07, 6.45) is 2.44. The van der Waals surface area contributed by atoms with Crippen LogP contribution in [0.1, 0.15) is 23.9 Å². The first-order valence-corrected chi connectivity index (χ1v) is 11.0. The third-order valence-electron chi connectivity index (χ3n) is 4.99. The lowest BCUT2D eigenvalue weighted by Crippen LogP contribution is -2.50. The number of nitrogens with zero attached hydrogens (tertiary/aromatic N) is 3. The van der Waals surface area contributed by atoms with E-state index in [4.69, 9.17) is 10.5 Å². The molecule has 0 bridgehead atoms. The van der Waals surface area contributed by atoms with Crippen LogP contribution in [-0.2, 0) is 21.2 Å². The smallest absolute Gasteiger partial charge is 0.318 e. The molecular formula is C17H18N4O5S2. The highest BCUT2D eigenvalue weighted by Gasteiger charge is 2.44. The molecule has 9 nitrogen and oxygen atoms in total. The normalized spacial score (nSPS) is 15.8. The quantitative estimate of drug-likeness (QED) is 0.536. The third kappa shape index (κ3) is 3.30. The topological polar surface area (TPSA) is 132 Å². The molecule has 3 heterocycles. The summed E-state index contributed by atoms with van der Waals surface area (Å²) in [4.78, 5) is 27.4. The van der Waals surface area contributed by atoms with Gasteiger partial charge in [-0.1, -0.05) is 0 Å². The van der Waals surface area contributed by atoms with Gasteiger partial charge in [0, 0.05) is 35.1 Å². The fraction of sp³-hybridized carbons (Fsp3) is 0.353. The van der Waals surface area contributed by atoms with Crippen LogP contribution in [0, 0.1) is 11.3 Å². The van der Waals surface area contributed by atoms with Gasteiger partial charge in [-0.15, -0.1) is 11.3 Å². The minimum Gasteiger partial charge on any atom is -0.318 e. The number of aromatic nitrogens is 1. The van der Waals surface area contributed by atoms with Gasteiger partial charge in [-0.05, 0) is 31.5 Å². The monoisotopic (exact) mass is 422 g/mol. The number of hydrogen-bond donors (Lipinski definition) is 2. The average molecular weight is 422 g/mol. The Morgan fingerprint density at radius 2 is 2.18 bits per heavy atom. The second kappa shape index (κ2) is 7.05. The zero-order valence-electron chi connectivity index (χ0n) is 15.2. The molecule has 2 aromatic rings. The molecule has 0 unspecified atom stereocenters. The van der Waals surface area contributed by atoms with Gasteiger partial charge in [0.1, 0.15) is 10.9 Å². The van der Waals surface area contributed by atoms with Crippen molar-refractivity contribution in [3.8, 4) is 16.5 Å². The number of carbonyl (C=O) groups excluding carboxylic acids is 2. The molecule has 2 amide bonds. The van der Waals surface area contributed by atoms with Crippen LogP contribution >= 0.6 is 11.3 Å². The van der Waals surface area contributed by atoms with Crippen molar-refractivity contribution >= 4 is 33.1 Å². The van der Waals surface area contributed by atoms with Crippen LogP contribution in [0.5, 0.6) is 0 Å². The van der Waals surface area contributed by atoms with Crippen molar-refractivity contribution in [1.82, 2.24) is 14.9 Å². The summed E-state index contributed by atoms with van der Waals surface area (Å²) in [6, 6.07) is 7.14. The predicted molar refractivity (Wildman–Crippen MR) is 101 cm³/mol. The van der Waals surface area contributed by atoms with Crippen LogP contribution in [0.2, 0.25) is 0 Å². The van der Waals surface area contributed by atoms with E-state index in [0.717, 1.165) is 22.4 Å². The van der Waals surface area contributed by atoms with E-state index in [-0.39, 0.29) is 25.5 Å². The molecule has 0 radical (unpaired) electrons. The predicted octanol–water partition coefficient (Wildman–Crippen LogP) is 1.57. The van der Waals surface area contributed by atoms with Gasteiger partial charge in [-0.25, -0.2) is 18.7 Å².